The third kappa shape index (κ3) is 4.60. The molecular weight excluding hydrogens is 310 g/mol. The van der Waals surface area contributed by atoms with Gasteiger partial charge in [0.2, 0.25) is 0 Å². The average Bonchev–Trinajstić information content (AvgIpc) is 2.61. The standard InChI is InChI=1S/C22H25NO2/c1-5-9-17(10-6-2)11-12-19-15-18-13-14-20(23(7-3)8-4)16-21(18)25-22(19)24/h5-6,9-16H,1,7-8H2,2-4H3/b10-6-,12-11+,17-9+. The van der Waals surface area contributed by atoms with Crippen molar-refractivity contribution in [1.82, 2.24) is 0 Å². The molecule has 1 heterocycles. The number of allylic oxidation sites excluding steroid dienone is 6. The van der Waals surface area contributed by atoms with E-state index in [2.05, 4.69) is 31.4 Å². The molecule has 0 fully saturated rings. The van der Waals surface area contributed by atoms with E-state index in [9.17, 15) is 4.79 Å². The lowest BCUT2D eigenvalue weighted by Gasteiger charge is -2.20. The van der Waals surface area contributed by atoms with Crippen molar-refractivity contribution in [1.29, 1.82) is 0 Å². The summed E-state index contributed by atoms with van der Waals surface area (Å²) in [6, 6.07) is 7.85. The predicted molar refractivity (Wildman–Crippen MR) is 108 cm³/mol. The van der Waals surface area contributed by atoms with Crippen LogP contribution in [0.15, 0.2) is 76.0 Å². The van der Waals surface area contributed by atoms with Gasteiger partial charge >= 0.3 is 5.63 Å². The molecule has 1 aromatic heterocycles. The van der Waals surface area contributed by atoms with Crippen LogP contribution in [0.5, 0.6) is 0 Å². The summed E-state index contributed by atoms with van der Waals surface area (Å²) in [6.07, 6.45) is 11.2. The minimum atomic E-state index is -0.334. The SMILES string of the molecule is C=C/C=C(\C=C/C)/C=C/c1cc2ccc(N(CC)CC)cc2oc1=O. The maximum atomic E-state index is 12.3. The van der Waals surface area contributed by atoms with Crippen molar-refractivity contribution in [2.24, 2.45) is 0 Å². The Morgan fingerprint density at radius 2 is 1.96 bits per heavy atom. The molecule has 0 bridgehead atoms. The van der Waals surface area contributed by atoms with Crippen LogP contribution in [0, 0.1) is 0 Å². The van der Waals surface area contributed by atoms with Crippen molar-refractivity contribution in [3.63, 3.8) is 0 Å². The summed E-state index contributed by atoms with van der Waals surface area (Å²) in [5.41, 5.74) is 2.84. The highest BCUT2D eigenvalue weighted by molar-refractivity contribution is 5.82. The molecule has 1 aromatic carbocycles. The molecular formula is C22H25NO2. The van der Waals surface area contributed by atoms with Crippen LogP contribution in [0.3, 0.4) is 0 Å². The molecule has 3 nitrogen and oxygen atoms in total. The van der Waals surface area contributed by atoms with Gasteiger partial charge < -0.3 is 9.32 Å². The van der Waals surface area contributed by atoms with E-state index in [4.69, 9.17) is 4.42 Å². The van der Waals surface area contributed by atoms with Crippen molar-refractivity contribution < 1.29 is 4.42 Å². The Kier molecular flexibility index (Phi) is 6.58. The van der Waals surface area contributed by atoms with Gasteiger partial charge in [-0.25, -0.2) is 4.79 Å². The van der Waals surface area contributed by atoms with Gasteiger partial charge in [-0.1, -0.05) is 37.0 Å². The Labute approximate surface area is 149 Å². The van der Waals surface area contributed by atoms with E-state index in [0.717, 1.165) is 29.7 Å². The first-order valence-corrected chi connectivity index (χ1v) is 8.59. The van der Waals surface area contributed by atoms with Crippen molar-refractivity contribution in [2.45, 2.75) is 20.8 Å². The molecule has 0 unspecified atom stereocenters. The second-order valence-corrected chi connectivity index (χ2v) is 5.62. The van der Waals surface area contributed by atoms with Gasteiger partial charge in [-0.2, -0.15) is 0 Å². The average molecular weight is 335 g/mol. The number of hydrogen-bond acceptors (Lipinski definition) is 3. The van der Waals surface area contributed by atoms with Crippen LogP contribution in [-0.2, 0) is 0 Å². The molecule has 0 spiro atoms. The van der Waals surface area contributed by atoms with Crippen LogP contribution in [0.2, 0.25) is 0 Å². The summed E-state index contributed by atoms with van der Waals surface area (Å²) < 4.78 is 5.53. The number of benzene rings is 1. The lowest BCUT2D eigenvalue weighted by atomic mass is 10.1. The zero-order valence-electron chi connectivity index (χ0n) is 15.2. The lowest BCUT2D eigenvalue weighted by molar-refractivity contribution is 0.559. The van der Waals surface area contributed by atoms with E-state index in [1.54, 1.807) is 12.2 Å². The van der Waals surface area contributed by atoms with Crippen LogP contribution in [0.4, 0.5) is 5.69 Å². The Morgan fingerprint density at radius 1 is 1.20 bits per heavy atom. The molecule has 2 aromatic rings. The van der Waals surface area contributed by atoms with Crippen molar-refractivity contribution >= 4 is 22.7 Å². The molecule has 0 radical (unpaired) electrons. The largest absolute Gasteiger partial charge is 0.422 e. The van der Waals surface area contributed by atoms with Gasteiger partial charge in [0.25, 0.3) is 0 Å². The number of rotatable bonds is 7. The maximum Gasteiger partial charge on any atom is 0.343 e. The van der Waals surface area contributed by atoms with Crippen LogP contribution in [0.1, 0.15) is 26.3 Å². The molecule has 0 aliphatic carbocycles. The molecule has 0 atom stereocenters. The fourth-order valence-corrected chi connectivity index (χ4v) is 2.70. The minimum absolute atomic E-state index is 0.334. The van der Waals surface area contributed by atoms with Gasteiger partial charge in [0.05, 0.1) is 5.56 Å². The third-order valence-corrected chi connectivity index (χ3v) is 4.00. The van der Waals surface area contributed by atoms with Crippen LogP contribution in [0.25, 0.3) is 17.0 Å². The maximum absolute atomic E-state index is 12.3. The second-order valence-electron chi connectivity index (χ2n) is 5.62. The molecule has 0 aliphatic rings. The van der Waals surface area contributed by atoms with Crippen LogP contribution >= 0.6 is 0 Å². The minimum Gasteiger partial charge on any atom is -0.422 e. The van der Waals surface area contributed by atoms with Crippen LogP contribution in [-0.4, -0.2) is 13.1 Å². The van der Waals surface area contributed by atoms with E-state index in [1.807, 2.05) is 49.4 Å². The van der Waals surface area contributed by atoms with Gasteiger partial charge in [-0.3, -0.25) is 0 Å². The van der Waals surface area contributed by atoms with Gasteiger partial charge in [-0.15, -0.1) is 0 Å². The summed E-state index contributed by atoms with van der Waals surface area (Å²) in [5.74, 6) is 0. The predicted octanol–water partition coefficient (Wildman–Crippen LogP) is 5.34. The molecule has 25 heavy (non-hydrogen) atoms. The molecule has 2 rings (SSSR count). The molecule has 0 N–H and O–H groups in total. The summed E-state index contributed by atoms with van der Waals surface area (Å²) in [7, 11) is 0. The first kappa shape index (κ1) is 18.5. The molecule has 0 saturated carbocycles. The molecule has 0 aliphatic heterocycles. The first-order valence-electron chi connectivity index (χ1n) is 8.59. The highest BCUT2D eigenvalue weighted by Gasteiger charge is 2.07. The summed E-state index contributed by atoms with van der Waals surface area (Å²) >= 11 is 0. The summed E-state index contributed by atoms with van der Waals surface area (Å²) in [5, 5.41) is 0.912. The van der Waals surface area contributed by atoms with E-state index in [-0.39, 0.29) is 5.63 Å². The number of anilines is 1. The molecule has 0 saturated heterocycles. The molecule has 0 amide bonds. The zero-order valence-corrected chi connectivity index (χ0v) is 15.2. The van der Waals surface area contributed by atoms with E-state index in [0.29, 0.717) is 11.1 Å². The third-order valence-electron chi connectivity index (χ3n) is 4.00. The van der Waals surface area contributed by atoms with Gasteiger partial charge in [0.1, 0.15) is 5.58 Å². The first-order chi connectivity index (χ1) is 12.1. The Bertz CT molecular complexity index is 881. The second kappa shape index (κ2) is 8.88. The van der Waals surface area contributed by atoms with E-state index < -0.39 is 0 Å². The van der Waals surface area contributed by atoms with Crippen molar-refractivity contribution in [3.8, 4) is 0 Å². The lowest BCUT2D eigenvalue weighted by Crippen LogP contribution is -2.21. The molecule has 3 heteroatoms. The Hall–Kier alpha value is -2.81. The summed E-state index contributed by atoms with van der Waals surface area (Å²) in [4.78, 5) is 14.5. The summed E-state index contributed by atoms with van der Waals surface area (Å²) in [6.45, 7) is 11.7. The Morgan fingerprint density at radius 3 is 2.60 bits per heavy atom. The van der Waals surface area contributed by atoms with Gasteiger partial charge in [0, 0.05) is 30.2 Å². The van der Waals surface area contributed by atoms with E-state index >= 15 is 0 Å². The fourth-order valence-electron chi connectivity index (χ4n) is 2.70. The van der Waals surface area contributed by atoms with Crippen molar-refractivity contribution in [3.05, 3.63) is 82.8 Å². The fraction of sp³-hybridized carbons (Fsp3) is 0.227. The van der Waals surface area contributed by atoms with Gasteiger partial charge in [-0.05, 0) is 50.6 Å². The number of fused-ring (bicyclic) bond motifs is 1. The molecule has 130 valence electrons. The monoisotopic (exact) mass is 335 g/mol. The number of hydrogen-bond donors (Lipinski definition) is 0. The highest BCUT2D eigenvalue weighted by atomic mass is 16.4. The normalized spacial score (nSPS) is 12.4. The van der Waals surface area contributed by atoms with Crippen molar-refractivity contribution in [2.75, 3.05) is 18.0 Å². The van der Waals surface area contributed by atoms with Crippen LogP contribution < -0.4 is 10.5 Å². The zero-order chi connectivity index (χ0) is 18.2. The smallest absolute Gasteiger partial charge is 0.343 e. The van der Waals surface area contributed by atoms with Gasteiger partial charge in [0.15, 0.2) is 0 Å². The highest BCUT2D eigenvalue weighted by Crippen LogP contribution is 2.22. The van der Waals surface area contributed by atoms with E-state index in [1.165, 1.54) is 0 Å². The number of nitrogens with zero attached hydrogens (tertiary/aromatic N) is 1. The quantitative estimate of drug-likeness (QED) is 0.506. The topological polar surface area (TPSA) is 33.5 Å². The Balaban J connectivity index is 2.42.